The van der Waals surface area contributed by atoms with Gasteiger partial charge < -0.3 is 20.9 Å². The van der Waals surface area contributed by atoms with Gasteiger partial charge in [-0.25, -0.2) is 4.98 Å². The summed E-state index contributed by atoms with van der Waals surface area (Å²) in [6.07, 6.45) is 4.72. The standard InChI is InChI=1S/C28H32ClN5/c1-4-5-6-19(2)33-11-13-34(14-12-33)20(3)21-7-9-24-25(29)17-27(32-28(24)16-21)22-8-10-26(31)23(15-22)18-30/h7-10,15-18,30H,2-6,11-14,31H2,1H3. The molecule has 0 radical (unpaired) electrons. The van der Waals surface area contributed by atoms with E-state index in [2.05, 4.69) is 42.0 Å². The van der Waals surface area contributed by atoms with Gasteiger partial charge in [0, 0.05) is 66.0 Å². The van der Waals surface area contributed by atoms with Gasteiger partial charge in [-0.05, 0) is 42.7 Å². The van der Waals surface area contributed by atoms with Gasteiger partial charge in [0.2, 0.25) is 0 Å². The summed E-state index contributed by atoms with van der Waals surface area (Å²) in [6, 6.07) is 13.6. The molecule has 1 aliphatic heterocycles. The van der Waals surface area contributed by atoms with E-state index in [-0.39, 0.29) is 0 Å². The summed E-state index contributed by atoms with van der Waals surface area (Å²) < 4.78 is 0. The van der Waals surface area contributed by atoms with Crippen molar-refractivity contribution in [3.05, 3.63) is 77.5 Å². The van der Waals surface area contributed by atoms with Crippen LogP contribution in [-0.4, -0.2) is 47.2 Å². The number of halogens is 1. The van der Waals surface area contributed by atoms with E-state index >= 15 is 0 Å². The van der Waals surface area contributed by atoms with Crippen LogP contribution in [0.5, 0.6) is 0 Å². The summed E-state index contributed by atoms with van der Waals surface area (Å²) in [5.74, 6) is 0. The van der Waals surface area contributed by atoms with Crippen LogP contribution in [0.4, 0.5) is 5.69 Å². The lowest BCUT2D eigenvalue weighted by atomic mass is 10.0. The van der Waals surface area contributed by atoms with Gasteiger partial charge in [0.25, 0.3) is 0 Å². The Bertz CT molecular complexity index is 1240. The molecule has 3 N–H and O–H groups in total. The van der Waals surface area contributed by atoms with E-state index in [1.165, 1.54) is 24.8 Å². The Kier molecular flexibility index (Phi) is 7.23. The number of anilines is 1. The Hall–Kier alpha value is -3.31. The molecule has 1 fully saturated rings. The third kappa shape index (κ3) is 4.95. The zero-order valence-electron chi connectivity index (χ0n) is 19.8. The van der Waals surface area contributed by atoms with Crippen LogP contribution in [0.25, 0.3) is 27.9 Å². The van der Waals surface area contributed by atoms with E-state index in [4.69, 9.17) is 27.7 Å². The Morgan fingerprint density at radius 1 is 1.09 bits per heavy atom. The number of hydrogen-bond acceptors (Lipinski definition) is 5. The molecule has 0 spiro atoms. The number of pyridine rings is 1. The maximum atomic E-state index is 7.58. The number of benzene rings is 2. The number of nitrogens with two attached hydrogens (primary N) is 1. The number of hydrogen-bond donors (Lipinski definition) is 2. The molecule has 176 valence electrons. The maximum Gasteiger partial charge on any atom is 0.0731 e. The van der Waals surface area contributed by atoms with Gasteiger partial charge in [0.1, 0.15) is 0 Å². The third-order valence-corrected chi connectivity index (χ3v) is 6.87. The minimum absolute atomic E-state index is 0.568. The highest BCUT2D eigenvalue weighted by molar-refractivity contribution is 6.35. The van der Waals surface area contributed by atoms with Crippen molar-refractivity contribution < 1.29 is 0 Å². The monoisotopic (exact) mass is 473 g/mol. The quantitative estimate of drug-likeness (QED) is 0.292. The van der Waals surface area contributed by atoms with Crippen LogP contribution in [0.15, 0.2) is 61.3 Å². The molecule has 0 aliphatic carbocycles. The zero-order valence-corrected chi connectivity index (χ0v) is 20.5. The molecule has 0 bridgehead atoms. The van der Waals surface area contributed by atoms with Gasteiger partial charge in [-0.3, -0.25) is 0 Å². The zero-order chi connectivity index (χ0) is 24.2. The number of aromatic nitrogens is 1. The minimum atomic E-state index is 0.568. The minimum Gasteiger partial charge on any atom is -0.398 e. The third-order valence-electron chi connectivity index (χ3n) is 6.56. The van der Waals surface area contributed by atoms with Crippen LogP contribution in [-0.2, 0) is 0 Å². The fraction of sp³-hybridized carbons (Fsp3) is 0.286. The fourth-order valence-corrected chi connectivity index (χ4v) is 4.65. The van der Waals surface area contributed by atoms with Gasteiger partial charge in [-0.1, -0.05) is 56.3 Å². The first-order valence-corrected chi connectivity index (χ1v) is 12.2. The molecule has 3 aromatic rings. The second-order valence-electron chi connectivity index (χ2n) is 8.80. The molecule has 0 atom stereocenters. The highest BCUT2D eigenvalue weighted by Crippen LogP contribution is 2.31. The Balaban J connectivity index is 1.55. The van der Waals surface area contributed by atoms with E-state index in [9.17, 15) is 0 Å². The highest BCUT2D eigenvalue weighted by Gasteiger charge is 2.20. The van der Waals surface area contributed by atoms with Crippen molar-refractivity contribution in [3.63, 3.8) is 0 Å². The predicted molar refractivity (Wildman–Crippen MR) is 145 cm³/mol. The number of rotatable bonds is 8. The van der Waals surface area contributed by atoms with Crippen LogP contribution in [0, 0.1) is 5.41 Å². The van der Waals surface area contributed by atoms with Crippen molar-refractivity contribution in [2.24, 2.45) is 0 Å². The Morgan fingerprint density at radius 2 is 1.82 bits per heavy atom. The number of unbranched alkanes of at least 4 members (excludes halogenated alkanes) is 1. The second kappa shape index (κ2) is 10.3. The topological polar surface area (TPSA) is 69.2 Å². The van der Waals surface area contributed by atoms with Gasteiger partial charge in [0.05, 0.1) is 16.2 Å². The second-order valence-corrected chi connectivity index (χ2v) is 9.21. The highest BCUT2D eigenvalue weighted by atomic mass is 35.5. The number of nitrogens with zero attached hydrogens (tertiary/aromatic N) is 3. The molecule has 0 saturated carbocycles. The first-order valence-electron chi connectivity index (χ1n) is 11.8. The lowest BCUT2D eigenvalue weighted by Gasteiger charge is -2.39. The lowest BCUT2D eigenvalue weighted by Crippen LogP contribution is -2.44. The molecule has 1 aromatic heterocycles. The normalized spacial score (nSPS) is 13.8. The molecule has 4 rings (SSSR count). The van der Waals surface area contributed by atoms with Crippen molar-refractivity contribution in [2.45, 2.75) is 26.2 Å². The predicted octanol–water partition coefficient (Wildman–Crippen LogP) is 6.43. The van der Waals surface area contributed by atoms with Crippen LogP contribution < -0.4 is 5.73 Å². The van der Waals surface area contributed by atoms with Crippen LogP contribution in [0.3, 0.4) is 0 Å². The smallest absolute Gasteiger partial charge is 0.0731 e. The molecule has 6 heteroatoms. The fourth-order valence-electron chi connectivity index (χ4n) is 4.39. The number of nitrogen functional groups attached to an aromatic ring is 1. The van der Waals surface area contributed by atoms with E-state index in [1.54, 1.807) is 6.07 Å². The Labute approximate surface area is 207 Å². The lowest BCUT2D eigenvalue weighted by molar-refractivity contribution is 0.209. The molecule has 1 saturated heterocycles. The summed E-state index contributed by atoms with van der Waals surface area (Å²) in [7, 11) is 0. The molecule has 2 aromatic carbocycles. The number of allylic oxidation sites excluding steroid dienone is 1. The van der Waals surface area contributed by atoms with E-state index < -0.39 is 0 Å². The van der Waals surface area contributed by atoms with Gasteiger partial charge in [-0.2, -0.15) is 0 Å². The van der Waals surface area contributed by atoms with E-state index in [0.29, 0.717) is 16.3 Å². The van der Waals surface area contributed by atoms with Crippen LogP contribution in [0.2, 0.25) is 5.02 Å². The summed E-state index contributed by atoms with van der Waals surface area (Å²) in [6.45, 7) is 14.7. The average molecular weight is 474 g/mol. The van der Waals surface area contributed by atoms with Crippen LogP contribution >= 0.6 is 11.6 Å². The van der Waals surface area contributed by atoms with E-state index in [1.807, 2.05) is 24.3 Å². The largest absolute Gasteiger partial charge is 0.398 e. The SMILES string of the molecule is C=C(CCCC)N1CCN(C(=C)c2ccc3c(Cl)cc(-c4ccc(N)c(C=N)c4)nc3c2)CC1. The molecule has 34 heavy (non-hydrogen) atoms. The first-order chi connectivity index (χ1) is 16.4. The summed E-state index contributed by atoms with van der Waals surface area (Å²) in [5, 5.41) is 9.13. The molecular formula is C28H32ClN5. The molecule has 1 aliphatic rings. The Morgan fingerprint density at radius 3 is 2.53 bits per heavy atom. The van der Waals surface area contributed by atoms with Crippen molar-refractivity contribution in [1.82, 2.24) is 14.8 Å². The van der Waals surface area contributed by atoms with E-state index in [0.717, 1.165) is 66.0 Å². The maximum absolute atomic E-state index is 7.58. The summed E-state index contributed by atoms with van der Waals surface area (Å²) in [5.41, 5.74) is 12.9. The summed E-state index contributed by atoms with van der Waals surface area (Å²) in [4.78, 5) is 9.63. The number of piperazine rings is 1. The summed E-state index contributed by atoms with van der Waals surface area (Å²) >= 11 is 6.62. The van der Waals surface area contributed by atoms with Gasteiger partial charge in [0.15, 0.2) is 0 Å². The van der Waals surface area contributed by atoms with Crippen molar-refractivity contribution >= 4 is 40.1 Å². The molecule has 0 unspecified atom stereocenters. The molecule has 0 amide bonds. The van der Waals surface area contributed by atoms with Crippen molar-refractivity contribution in [3.8, 4) is 11.3 Å². The first kappa shape index (κ1) is 23.8. The van der Waals surface area contributed by atoms with Crippen molar-refractivity contribution in [1.29, 1.82) is 5.41 Å². The van der Waals surface area contributed by atoms with Gasteiger partial charge >= 0.3 is 0 Å². The molecule has 2 heterocycles. The molecular weight excluding hydrogens is 442 g/mol. The number of nitrogens with one attached hydrogen (secondary N) is 1. The van der Waals surface area contributed by atoms with Crippen LogP contribution in [0.1, 0.15) is 37.3 Å². The van der Waals surface area contributed by atoms with Crippen molar-refractivity contribution in [2.75, 3.05) is 31.9 Å². The average Bonchev–Trinajstić information content (AvgIpc) is 2.86. The van der Waals surface area contributed by atoms with Gasteiger partial charge in [-0.15, -0.1) is 0 Å². The molecule has 5 nitrogen and oxygen atoms in total. The number of fused-ring (bicyclic) bond motifs is 1.